The Kier molecular flexibility index (Phi) is 9.13. The number of nitrogens with zero attached hydrogens (tertiary/aromatic N) is 1. The Morgan fingerprint density at radius 3 is 2.56 bits per heavy atom. The summed E-state index contributed by atoms with van der Waals surface area (Å²) in [4.78, 5) is 50.2. The summed E-state index contributed by atoms with van der Waals surface area (Å²) in [6.07, 6.45) is 1.53. The second kappa shape index (κ2) is 12.3. The molecule has 9 nitrogen and oxygen atoms in total. The fourth-order valence-corrected chi connectivity index (χ4v) is 4.00. The molecule has 0 atom stereocenters. The molecule has 10 heteroatoms. The Balaban J connectivity index is 1.64. The Morgan fingerprint density at radius 1 is 1.11 bits per heavy atom. The van der Waals surface area contributed by atoms with Gasteiger partial charge in [-0.05, 0) is 60.0 Å². The number of para-hydroxylation sites is 1. The third-order valence-electron chi connectivity index (χ3n) is 5.00. The molecule has 1 heterocycles. The first-order valence-electron chi connectivity index (χ1n) is 11.2. The Labute approximate surface area is 213 Å². The second-order valence-corrected chi connectivity index (χ2v) is 9.40. The van der Waals surface area contributed by atoms with Crippen LogP contribution in [0.2, 0.25) is 0 Å². The van der Waals surface area contributed by atoms with E-state index in [9.17, 15) is 19.2 Å². The number of aryl methyl sites for hydroxylation is 1. The summed E-state index contributed by atoms with van der Waals surface area (Å²) < 4.78 is 16.1. The lowest BCUT2D eigenvalue weighted by atomic mass is 10.2. The number of carbonyl (C=O) groups is 4. The third-order valence-corrected chi connectivity index (χ3v) is 5.91. The van der Waals surface area contributed by atoms with Gasteiger partial charge in [0.15, 0.2) is 18.1 Å². The largest absolute Gasteiger partial charge is 0.493 e. The van der Waals surface area contributed by atoms with Crippen LogP contribution in [0.3, 0.4) is 0 Å². The number of methoxy groups -OCH3 is 1. The molecule has 0 radical (unpaired) electrons. The van der Waals surface area contributed by atoms with Crippen molar-refractivity contribution in [1.29, 1.82) is 0 Å². The van der Waals surface area contributed by atoms with Gasteiger partial charge in [0.05, 0.1) is 18.6 Å². The Morgan fingerprint density at radius 2 is 1.86 bits per heavy atom. The summed E-state index contributed by atoms with van der Waals surface area (Å²) >= 11 is 0.743. The highest BCUT2D eigenvalue weighted by Crippen LogP contribution is 2.34. The summed E-state index contributed by atoms with van der Waals surface area (Å²) in [5, 5.41) is 2.25. The third kappa shape index (κ3) is 7.11. The smallest absolute Gasteiger partial charge is 0.326 e. The topological polar surface area (TPSA) is 111 Å². The van der Waals surface area contributed by atoms with Crippen LogP contribution >= 0.6 is 11.8 Å². The van der Waals surface area contributed by atoms with Crippen molar-refractivity contribution in [2.24, 2.45) is 5.92 Å². The van der Waals surface area contributed by atoms with E-state index in [2.05, 4.69) is 5.32 Å². The molecule has 1 saturated heterocycles. The molecule has 0 bridgehead atoms. The molecule has 3 rings (SSSR count). The maximum atomic E-state index is 12.7. The summed E-state index contributed by atoms with van der Waals surface area (Å²) in [6, 6.07) is 12.3. The van der Waals surface area contributed by atoms with Crippen LogP contribution in [0.4, 0.5) is 10.5 Å². The molecule has 0 spiro atoms. The molecule has 2 aromatic rings. The van der Waals surface area contributed by atoms with Gasteiger partial charge in [0.1, 0.15) is 6.54 Å². The molecule has 1 aliphatic rings. The summed E-state index contributed by atoms with van der Waals surface area (Å²) in [5.41, 5.74) is 2.22. The minimum absolute atomic E-state index is 0.146. The highest BCUT2D eigenvalue weighted by Gasteiger charge is 2.36. The highest BCUT2D eigenvalue weighted by atomic mass is 32.2. The van der Waals surface area contributed by atoms with Gasteiger partial charge in [-0.15, -0.1) is 0 Å². The summed E-state index contributed by atoms with van der Waals surface area (Å²) in [5.74, 6) is -0.691. The quantitative estimate of drug-likeness (QED) is 0.371. The number of esters is 1. The van der Waals surface area contributed by atoms with Crippen LogP contribution in [0.5, 0.6) is 11.5 Å². The number of carbonyl (C=O) groups excluding carboxylic acids is 4. The molecule has 1 fully saturated rings. The predicted molar refractivity (Wildman–Crippen MR) is 137 cm³/mol. The van der Waals surface area contributed by atoms with Gasteiger partial charge >= 0.3 is 5.97 Å². The Bertz CT molecular complexity index is 1190. The Hall–Kier alpha value is -3.79. The number of imide groups is 1. The fraction of sp³-hybridized carbons (Fsp3) is 0.308. The van der Waals surface area contributed by atoms with Gasteiger partial charge in [-0.1, -0.05) is 38.1 Å². The molecule has 1 N–H and O–H groups in total. The second-order valence-electron chi connectivity index (χ2n) is 8.41. The van der Waals surface area contributed by atoms with Crippen molar-refractivity contribution in [2.75, 3.05) is 32.2 Å². The van der Waals surface area contributed by atoms with E-state index in [1.807, 2.05) is 39.0 Å². The first kappa shape index (κ1) is 26.8. The van der Waals surface area contributed by atoms with Crippen molar-refractivity contribution < 1.29 is 33.4 Å². The zero-order valence-corrected chi connectivity index (χ0v) is 21.3. The van der Waals surface area contributed by atoms with Crippen LogP contribution < -0.4 is 14.8 Å². The number of anilines is 1. The van der Waals surface area contributed by atoms with Gasteiger partial charge in [0, 0.05) is 5.69 Å². The van der Waals surface area contributed by atoms with Crippen molar-refractivity contribution in [1.82, 2.24) is 4.90 Å². The van der Waals surface area contributed by atoms with E-state index >= 15 is 0 Å². The van der Waals surface area contributed by atoms with Crippen LogP contribution in [-0.2, 0) is 19.1 Å². The molecule has 0 aromatic heterocycles. The van der Waals surface area contributed by atoms with Crippen molar-refractivity contribution in [2.45, 2.75) is 20.8 Å². The number of benzene rings is 2. The maximum absolute atomic E-state index is 12.7. The molecule has 190 valence electrons. The van der Waals surface area contributed by atoms with Gasteiger partial charge in [0.25, 0.3) is 17.1 Å². The van der Waals surface area contributed by atoms with E-state index in [-0.39, 0.29) is 29.9 Å². The summed E-state index contributed by atoms with van der Waals surface area (Å²) in [6.45, 7) is 5.23. The molecule has 0 aliphatic carbocycles. The van der Waals surface area contributed by atoms with E-state index in [1.165, 1.54) is 13.2 Å². The predicted octanol–water partition coefficient (Wildman–Crippen LogP) is 4.26. The zero-order chi connectivity index (χ0) is 26.2. The molecule has 0 saturated carbocycles. The molecule has 36 heavy (non-hydrogen) atoms. The zero-order valence-electron chi connectivity index (χ0n) is 20.5. The number of amides is 3. The van der Waals surface area contributed by atoms with Gasteiger partial charge < -0.3 is 19.5 Å². The van der Waals surface area contributed by atoms with Crippen molar-refractivity contribution in [3.63, 3.8) is 0 Å². The summed E-state index contributed by atoms with van der Waals surface area (Å²) in [7, 11) is 1.45. The van der Waals surface area contributed by atoms with Gasteiger partial charge in [-0.3, -0.25) is 24.1 Å². The normalized spacial score (nSPS) is 14.4. The van der Waals surface area contributed by atoms with Crippen LogP contribution in [0.1, 0.15) is 25.0 Å². The lowest BCUT2D eigenvalue weighted by molar-refractivity contribution is -0.147. The lowest BCUT2D eigenvalue weighted by Gasteiger charge is -2.13. The number of hydrogen-bond donors (Lipinski definition) is 1. The fourth-order valence-electron chi connectivity index (χ4n) is 3.16. The van der Waals surface area contributed by atoms with Crippen molar-refractivity contribution in [3.05, 3.63) is 58.5 Å². The first-order valence-corrected chi connectivity index (χ1v) is 12.1. The van der Waals surface area contributed by atoms with Crippen LogP contribution in [0.25, 0.3) is 6.08 Å². The van der Waals surface area contributed by atoms with Crippen LogP contribution in [0, 0.1) is 12.8 Å². The standard InChI is InChI=1S/C26H28N2O7S/c1-16(2)14-35-24(30)13-28-25(31)22(36-26(28)32)12-18-9-10-20(21(11-18)33-4)34-15-23(29)27-19-8-6-5-7-17(19)3/h5-12,16H,13-15H2,1-4H3,(H,27,29)/b22-12-. The SMILES string of the molecule is COc1cc(/C=C2\SC(=O)N(CC(=O)OCC(C)C)C2=O)ccc1OCC(=O)Nc1ccccc1C. The monoisotopic (exact) mass is 512 g/mol. The van der Waals surface area contributed by atoms with Gasteiger partial charge in [0.2, 0.25) is 0 Å². The van der Waals surface area contributed by atoms with Gasteiger partial charge in [-0.25, -0.2) is 0 Å². The van der Waals surface area contributed by atoms with E-state index < -0.39 is 23.7 Å². The minimum atomic E-state index is -0.637. The average Bonchev–Trinajstić information content (AvgIpc) is 3.10. The van der Waals surface area contributed by atoms with E-state index in [0.717, 1.165) is 22.2 Å². The molecule has 2 aromatic carbocycles. The van der Waals surface area contributed by atoms with E-state index in [4.69, 9.17) is 14.2 Å². The lowest BCUT2D eigenvalue weighted by Crippen LogP contribution is -2.34. The molecule has 0 unspecified atom stereocenters. The van der Waals surface area contributed by atoms with Crippen LogP contribution in [0.15, 0.2) is 47.4 Å². The number of ether oxygens (including phenoxy) is 3. The number of thioether (sulfide) groups is 1. The van der Waals surface area contributed by atoms with E-state index in [0.29, 0.717) is 22.7 Å². The van der Waals surface area contributed by atoms with Gasteiger partial charge in [-0.2, -0.15) is 0 Å². The molecular formula is C26H28N2O7S. The van der Waals surface area contributed by atoms with E-state index in [1.54, 1.807) is 24.3 Å². The van der Waals surface area contributed by atoms with Crippen molar-refractivity contribution in [3.8, 4) is 11.5 Å². The van der Waals surface area contributed by atoms with Crippen molar-refractivity contribution >= 4 is 46.5 Å². The molecule has 3 amide bonds. The molecular weight excluding hydrogens is 484 g/mol. The first-order chi connectivity index (χ1) is 17.2. The molecule has 1 aliphatic heterocycles. The number of rotatable bonds is 10. The van der Waals surface area contributed by atoms with Crippen LogP contribution in [-0.4, -0.2) is 54.8 Å². The minimum Gasteiger partial charge on any atom is -0.493 e. The average molecular weight is 513 g/mol. The highest BCUT2D eigenvalue weighted by molar-refractivity contribution is 8.18. The number of nitrogens with one attached hydrogen (secondary N) is 1. The maximum Gasteiger partial charge on any atom is 0.326 e. The number of hydrogen-bond acceptors (Lipinski definition) is 8.